The maximum absolute atomic E-state index is 12.1. The van der Waals surface area contributed by atoms with Crippen LogP contribution in [0.5, 0.6) is 0 Å². The van der Waals surface area contributed by atoms with Gasteiger partial charge in [0.05, 0.1) is 16.7 Å². The van der Waals surface area contributed by atoms with Gasteiger partial charge in [0.1, 0.15) is 0 Å². The van der Waals surface area contributed by atoms with Gasteiger partial charge >= 0.3 is 0 Å². The second kappa shape index (κ2) is 10.3. The molecule has 0 aliphatic carbocycles. The number of rotatable bonds is 7. The third kappa shape index (κ3) is 7.32. The van der Waals surface area contributed by atoms with Crippen LogP contribution in [-0.2, 0) is 4.74 Å². The van der Waals surface area contributed by atoms with Gasteiger partial charge in [-0.1, -0.05) is 44.5 Å². The number of benzene rings is 1. The first kappa shape index (κ1) is 21.3. The zero-order valence-electron chi connectivity index (χ0n) is 15.6. The highest BCUT2D eigenvalue weighted by Crippen LogP contribution is 2.20. The van der Waals surface area contributed by atoms with Crippen molar-refractivity contribution in [2.24, 2.45) is 10.4 Å². The van der Waals surface area contributed by atoms with Gasteiger partial charge in [-0.3, -0.25) is 9.79 Å². The van der Waals surface area contributed by atoms with Crippen molar-refractivity contribution in [3.05, 3.63) is 34.9 Å². The highest BCUT2D eigenvalue weighted by molar-refractivity contribution is 6.33. The van der Waals surface area contributed by atoms with Crippen molar-refractivity contribution in [2.75, 3.05) is 33.8 Å². The van der Waals surface area contributed by atoms with Gasteiger partial charge in [0.15, 0.2) is 5.96 Å². The van der Waals surface area contributed by atoms with Crippen LogP contribution in [0.25, 0.3) is 0 Å². The molecule has 6 nitrogen and oxygen atoms in total. The number of methoxy groups -OCH3 is 1. The van der Waals surface area contributed by atoms with E-state index in [2.05, 4.69) is 41.7 Å². The Balaban J connectivity index is 2.36. The summed E-state index contributed by atoms with van der Waals surface area (Å²) < 4.78 is 5.51. The SMILES string of the molecule is CN=C(NCCNC(=O)c1ccccc1Cl)NCC(OC)C(C)(C)C. The molecule has 0 aliphatic rings. The van der Waals surface area contributed by atoms with Crippen LogP contribution in [0.1, 0.15) is 31.1 Å². The number of hydrogen-bond donors (Lipinski definition) is 3. The lowest BCUT2D eigenvalue weighted by molar-refractivity contribution is 0.0205. The van der Waals surface area contributed by atoms with Crippen LogP contribution < -0.4 is 16.0 Å². The van der Waals surface area contributed by atoms with Crippen molar-refractivity contribution < 1.29 is 9.53 Å². The van der Waals surface area contributed by atoms with E-state index in [0.717, 1.165) is 0 Å². The fourth-order valence-electron chi connectivity index (χ4n) is 2.25. The van der Waals surface area contributed by atoms with Gasteiger partial charge in [-0.05, 0) is 17.5 Å². The van der Waals surface area contributed by atoms with Crippen LogP contribution >= 0.6 is 11.6 Å². The Morgan fingerprint density at radius 1 is 1.20 bits per heavy atom. The molecule has 25 heavy (non-hydrogen) atoms. The number of nitrogens with zero attached hydrogens (tertiary/aromatic N) is 1. The molecule has 1 rings (SSSR count). The van der Waals surface area contributed by atoms with Gasteiger partial charge in [-0.2, -0.15) is 0 Å². The number of hydrogen-bond acceptors (Lipinski definition) is 3. The molecule has 3 N–H and O–H groups in total. The van der Waals surface area contributed by atoms with Gasteiger partial charge in [0.25, 0.3) is 5.91 Å². The minimum atomic E-state index is -0.192. The van der Waals surface area contributed by atoms with E-state index in [1.54, 1.807) is 38.4 Å². The molecule has 0 fully saturated rings. The predicted octanol–water partition coefficient (Wildman–Crippen LogP) is 2.30. The maximum atomic E-state index is 12.1. The third-order valence-corrected chi connectivity index (χ3v) is 4.08. The standard InChI is InChI=1S/C18H29ClN4O2/c1-18(2,3)15(25-5)12-23-17(20-4)22-11-10-21-16(24)13-8-6-7-9-14(13)19/h6-9,15H,10-12H2,1-5H3,(H,21,24)(H2,20,22,23). The van der Waals surface area contributed by atoms with Crippen LogP contribution in [0.4, 0.5) is 0 Å². The fourth-order valence-corrected chi connectivity index (χ4v) is 2.47. The Kier molecular flexibility index (Phi) is 8.72. The molecule has 0 aliphatic heterocycles. The molecule has 0 radical (unpaired) electrons. The normalized spacial score (nSPS) is 13.3. The number of carbonyl (C=O) groups is 1. The summed E-state index contributed by atoms with van der Waals surface area (Å²) in [6.07, 6.45) is 0.0611. The van der Waals surface area contributed by atoms with E-state index >= 15 is 0 Å². The monoisotopic (exact) mass is 368 g/mol. The van der Waals surface area contributed by atoms with Crippen molar-refractivity contribution in [1.82, 2.24) is 16.0 Å². The van der Waals surface area contributed by atoms with Crippen LogP contribution in [0, 0.1) is 5.41 Å². The maximum Gasteiger partial charge on any atom is 0.252 e. The highest BCUT2D eigenvalue weighted by atomic mass is 35.5. The molecule has 0 bridgehead atoms. The summed E-state index contributed by atoms with van der Waals surface area (Å²) in [6.45, 7) is 8.03. The van der Waals surface area contributed by atoms with Gasteiger partial charge in [-0.15, -0.1) is 0 Å². The lowest BCUT2D eigenvalue weighted by Gasteiger charge is -2.30. The van der Waals surface area contributed by atoms with E-state index in [1.807, 2.05) is 0 Å². The molecule has 1 atom stereocenters. The minimum absolute atomic E-state index is 0.0313. The minimum Gasteiger partial charge on any atom is -0.379 e. The summed E-state index contributed by atoms with van der Waals surface area (Å²) >= 11 is 6.01. The van der Waals surface area contributed by atoms with Crippen molar-refractivity contribution in [3.8, 4) is 0 Å². The summed E-state index contributed by atoms with van der Waals surface area (Å²) in [7, 11) is 3.41. The Morgan fingerprint density at radius 3 is 2.40 bits per heavy atom. The summed E-state index contributed by atoms with van der Waals surface area (Å²) in [5.74, 6) is 0.473. The summed E-state index contributed by atoms with van der Waals surface area (Å²) in [6, 6.07) is 6.97. The van der Waals surface area contributed by atoms with Crippen LogP contribution in [0.2, 0.25) is 5.02 Å². The van der Waals surface area contributed by atoms with E-state index in [9.17, 15) is 4.79 Å². The van der Waals surface area contributed by atoms with Crippen LogP contribution in [-0.4, -0.2) is 51.8 Å². The Morgan fingerprint density at radius 2 is 1.84 bits per heavy atom. The fraction of sp³-hybridized carbons (Fsp3) is 0.556. The van der Waals surface area contributed by atoms with Crippen molar-refractivity contribution >= 4 is 23.5 Å². The Hall–Kier alpha value is -1.79. The van der Waals surface area contributed by atoms with E-state index < -0.39 is 0 Å². The van der Waals surface area contributed by atoms with Crippen molar-refractivity contribution in [1.29, 1.82) is 0 Å². The predicted molar refractivity (Wildman–Crippen MR) is 103 cm³/mol. The van der Waals surface area contributed by atoms with Gasteiger partial charge in [0, 0.05) is 33.8 Å². The number of nitrogens with one attached hydrogen (secondary N) is 3. The molecule has 0 spiro atoms. The van der Waals surface area contributed by atoms with E-state index in [1.165, 1.54) is 0 Å². The molecule has 1 aromatic carbocycles. The summed E-state index contributed by atoms with van der Waals surface area (Å²) in [5, 5.41) is 9.66. The molecule has 0 aromatic heterocycles. The number of amides is 1. The topological polar surface area (TPSA) is 74.8 Å². The Bertz CT molecular complexity index is 585. The smallest absolute Gasteiger partial charge is 0.252 e. The molecule has 0 saturated heterocycles. The highest BCUT2D eigenvalue weighted by Gasteiger charge is 2.24. The number of guanidine groups is 1. The van der Waals surface area contributed by atoms with Crippen LogP contribution in [0.15, 0.2) is 29.3 Å². The van der Waals surface area contributed by atoms with E-state index in [4.69, 9.17) is 16.3 Å². The first-order chi connectivity index (χ1) is 11.8. The second-order valence-corrected chi connectivity index (χ2v) is 7.11. The third-order valence-electron chi connectivity index (χ3n) is 3.75. The van der Waals surface area contributed by atoms with Crippen molar-refractivity contribution in [2.45, 2.75) is 26.9 Å². The molecule has 0 heterocycles. The molecule has 7 heteroatoms. The molecular formula is C18H29ClN4O2. The van der Waals surface area contributed by atoms with Gasteiger partial charge < -0.3 is 20.7 Å². The summed E-state index contributed by atoms with van der Waals surface area (Å²) in [4.78, 5) is 16.2. The molecule has 1 aromatic rings. The van der Waals surface area contributed by atoms with Crippen LogP contribution in [0.3, 0.4) is 0 Å². The molecule has 1 amide bonds. The number of ether oxygens (including phenoxy) is 1. The van der Waals surface area contributed by atoms with Gasteiger partial charge in [0.2, 0.25) is 0 Å². The zero-order chi connectivity index (χ0) is 18.9. The first-order valence-corrected chi connectivity index (χ1v) is 8.67. The van der Waals surface area contributed by atoms with Gasteiger partial charge in [-0.25, -0.2) is 0 Å². The number of aliphatic imine (C=N–C) groups is 1. The molecule has 0 saturated carbocycles. The zero-order valence-corrected chi connectivity index (χ0v) is 16.4. The first-order valence-electron chi connectivity index (χ1n) is 8.29. The van der Waals surface area contributed by atoms with E-state index in [-0.39, 0.29) is 17.4 Å². The number of halogens is 1. The average molecular weight is 369 g/mol. The van der Waals surface area contributed by atoms with E-state index in [0.29, 0.717) is 36.2 Å². The quantitative estimate of drug-likeness (QED) is 0.392. The number of carbonyl (C=O) groups excluding carboxylic acids is 1. The largest absolute Gasteiger partial charge is 0.379 e. The molecule has 140 valence electrons. The van der Waals surface area contributed by atoms with Crippen molar-refractivity contribution in [3.63, 3.8) is 0 Å². The summed E-state index contributed by atoms with van der Waals surface area (Å²) in [5.41, 5.74) is 0.503. The average Bonchev–Trinajstić information content (AvgIpc) is 2.56. The molecular weight excluding hydrogens is 340 g/mol. The lowest BCUT2D eigenvalue weighted by atomic mass is 9.89. The lowest BCUT2D eigenvalue weighted by Crippen LogP contribution is -2.46. The Labute approximate surface area is 155 Å². The second-order valence-electron chi connectivity index (χ2n) is 6.71. The molecule has 1 unspecified atom stereocenters.